The minimum Gasteiger partial charge on any atom is -0.368 e. The van der Waals surface area contributed by atoms with Crippen LogP contribution in [0.5, 0.6) is 0 Å². The smallest absolute Gasteiger partial charge is 0.263 e. The fourth-order valence-corrected chi connectivity index (χ4v) is 5.34. The molecule has 0 unspecified atom stereocenters. The van der Waals surface area contributed by atoms with Crippen molar-refractivity contribution in [3.8, 4) is 0 Å². The van der Waals surface area contributed by atoms with Crippen molar-refractivity contribution in [2.45, 2.75) is 11.7 Å². The van der Waals surface area contributed by atoms with Crippen LogP contribution in [-0.4, -0.2) is 52.3 Å². The van der Waals surface area contributed by atoms with Crippen LogP contribution in [-0.2, 0) is 11.3 Å². The van der Waals surface area contributed by atoms with Crippen LogP contribution < -0.4 is 10.5 Å². The Labute approximate surface area is 187 Å². The Morgan fingerprint density at radius 2 is 2.07 bits per heavy atom. The molecule has 9 heteroatoms. The summed E-state index contributed by atoms with van der Waals surface area (Å²) < 4.78 is 1.58. The first kappa shape index (κ1) is 21.0. The monoisotopic (exact) mass is 460 g/mol. The summed E-state index contributed by atoms with van der Waals surface area (Å²) >= 11 is 8.83. The fraction of sp³-hybridized carbons (Fsp3) is 0.286. The van der Waals surface area contributed by atoms with E-state index in [4.69, 9.17) is 11.6 Å². The van der Waals surface area contributed by atoms with Gasteiger partial charge in [-0.3, -0.25) is 14.2 Å². The van der Waals surface area contributed by atoms with E-state index in [1.54, 1.807) is 16.7 Å². The molecule has 1 aliphatic rings. The Morgan fingerprint density at radius 3 is 2.80 bits per heavy atom. The number of carbonyl (C=O) groups excluding carboxylic acids is 1. The highest BCUT2D eigenvalue weighted by Crippen LogP contribution is 2.23. The first-order valence-corrected chi connectivity index (χ1v) is 11.8. The van der Waals surface area contributed by atoms with E-state index < -0.39 is 0 Å². The van der Waals surface area contributed by atoms with E-state index in [9.17, 15) is 9.59 Å². The fourth-order valence-electron chi connectivity index (χ4n) is 3.43. The molecule has 156 valence electrons. The molecule has 0 bridgehead atoms. The molecule has 0 atom stereocenters. The summed E-state index contributed by atoms with van der Waals surface area (Å²) in [5, 5.41) is 3.73. The number of benzene rings is 1. The number of piperazine rings is 1. The minimum absolute atomic E-state index is 0.0522. The van der Waals surface area contributed by atoms with E-state index in [1.807, 2.05) is 34.5 Å². The lowest BCUT2D eigenvalue weighted by atomic mass is 10.2. The molecule has 3 heterocycles. The summed E-state index contributed by atoms with van der Waals surface area (Å²) in [6.45, 7) is 6.93. The van der Waals surface area contributed by atoms with Gasteiger partial charge in [0, 0.05) is 43.4 Å². The number of thiophene rings is 1. The van der Waals surface area contributed by atoms with E-state index in [-0.39, 0.29) is 17.2 Å². The number of allylic oxidation sites excluding steroid dienone is 1. The van der Waals surface area contributed by atoms with Crippen molar-refractivity contribution in [3.63, 3.8) is 0 Å². The van der Waals surface area contributed by atoms with E-state index in [0.29, 0.717) is 40.0 Å². The number of anilines is 1. The number of hydrogen-bond acceptors (Lipinski definition) is 6. The van der Waals surface area contributed by atoms with Crippen LogP contribution in [0.25, 0.3) is 10.2 Å². The molecule has 1 fully saturated rings. The predicted octanol–water partition coefficient (Wildman–Crippen LogP) is 3.74. The molecular formula is C21H21ClN4O2S2. The van der Waals surface area contributed by atoms with Crippen molar-refractivity contribution in [2.75, 3.05) is 36.8 Å². The number of rotatable bonds is 6. The molecule has 0 N–H and O–H groups in total. The molecule has 0 spiro atoms. The van der Waals surface area contributed by atoms with Gasteiger partial charge in [0.15, 0.2) is 5.16 Å². The molecule has 1 aromatic carbocycles. The summed E-state index contributed by atoms with van der Waals surface area (Å²) in [5.41, 5.74) is 0.983. The molecule has 2 aromatic heterocycles. The van der Waals surface area contributed by atoms with Gasteiger partial charge in [0.25, 0.3) is 5.56 Å². The molecular weight excluding hydrogens is 440 g/mol. The second kappa shape index (κ2) is 9.24. The van der Waals surface area contributed by atoms with Crippen LogP contribution >= 0.6 is 34.7 Å². The SMILES string of the molecule is C=CCn1c(SCC(=O)N2CCN(c3cccc(Cl)c3)CC2)nc2sccc2c1=O. The number of aromatic nitrogens is 2. The maximum atomic E-state index is 12.8. The van der Waals surface area contributed by atoms with Gasteiger partial charge in [-0.2, -0.15) is 0 Å². The van der Waals surface area contributed by atoms with E-state index in [2.05, 4.69) is 16.5 Å². The average molecular weight is 461 g/mol. The average Bonchev–Trinajstić information content (AvgIpc) is 3.23. The Balaban J connectivity index is 1.40. The van der Waals surface area contributed by atoms with E-state index in [0.717, 1.165) is 18.8 Å². The summed E-state index contributed by atoms with van der Waals surface area (Å²) in [5.74, 6) is 0.300. The van der Waals surface area contributed by atoms with Gasteiger partial charge in [0.2, 0.25) is 5.91 Å². The van der Waals surface area contributed by atoms with Gasteiger partial charge < -0.3 is 9.80 Å². The number of carbonyl (C=O) groups is 1. The lowest BCUT2D eigenvalue weighted by Crippen LogP contribution is -2.49. The van der Waals surface area contributed by atoms with Gasteiger partial charge in [-0.1, -0.05) is 35.5 Å². The minimum atomic E-state index is -0.0914. The zero-order chi connectivity index (χ0) is 21.1. The summed E-state index contributed by atoms with van der Waals surface area (Å²) in [7, 11) is 0. The first-order valence-electron chi connectivity index (χ1n) is 9.57. The highest BCUT2D eigenvalue weighted by atomic mass is 35.5. The highest BCUT2D eigenvalue weighted by molar-refractivity contribution is 7.99. The van der Waals surface area contributed by atoms with Crippen LogP contribution in [0, 0.1) is 0 Å². The zero-order valence-electron chi connectivity index (χ0n) is 16.3. The molecule has 0 aliphatic carbocycles. The zero-order valence-corrected chi connectivity index (χ0v) is 18.7. The quantitative estimate of drug-likeness (QED) is 0.318. The lowest BCUT2D eigenvalue weighted by molar-refractivity contribution is -0.128. The summed E-state index contributed by atoms with van der Waals surface area (Å²) in [4.78, 5) is 34.9. The lowest BCUT2D eigenvalue weighted by Gasteiger charge is -2.36. The topological polar surface area (TPSA) is 58.4 Å². The van der Waals surface area contributed by atoms with E-state index >= 15 is 0 Å². The Morgan fingerprint density at radius 1 is 1.27 bits per heavy atom. The molecule has 1 amide bonds. The molecule has 30 heavy (non-hydrogen) atoms. The van der Waals surface area contributed by atoms with Gasteiger partial charge in [-0.05, 0) is 29.6 Å². The Bertz CT molecular complexity index is 1140. The largest absolute Gasteiger partial charge is 0.368 e. The van der Waals surface area contributed by atoms with Crippen molar-refractivity contribution in [3.05, 3.63) is 63.7 Å². The molecule has 1 aliphatic heterocycles. The molecule has 1 saturated heterocycles. The van der Waals surface area contributed by atoms with Gasteiger partial charge in [-0.25, -0.2) is 4.98 Å². The van der Waals surface area contributed by atoms with Crippen LogP contribution in [0.2, 0.25) is 5.02 Å². The number of amides is 1. The molecule has 0 saturated carbocycles. The second-order valence-corrected chi connectivity index (χ2v) is 9.15. The van der Waals surface area contributed by atoms with Crippen LogP contribution in [0.4, 0.5) is 5.69 Å². The van der Waals surface area contributed by atoms with Crippen LogP contribution in [0.1, 0.15) is 0 Å². The Hall–Kier alpha value is -2.29. The normalized spacial score (nSPS) is 14.3. The molecule has 3 aromatic rings. The second-order valence-electron chi connectivity index (χ2n) is 6.87. The van der Waals surface area contributed by atoms with Crippen molar-refractivity contribution in [1.29, 1.82) is 0 Å². The number of fused-ring (bicyclic) bond motifs is 1. The maximum Gasteiger partial charge on any atom is 0.263 e. The van der Waals surface area contributed by atoms with Crippen LogP contribution in [0.3, 0.4) is 0 Å². The third-order valence-corrected chi connectivity index (χ3v) is 6.99. The number of thioether (sulfide) groups is 1. The highest BCUT2D eigenvalue weighted by Gasteiger charge is 2.22. The first-order chi connectivity index (χ1) is 14.6. The van der Waals surface area contributed by atoms with Gasteiger partial charge in [-0.15, -0.1) is 17.9 Å². The van der Waals surface area contributed by atoms with Crippen LogP contribution in [0.15, 0.2) is 58.3 Å². The maximum absolute atomic E-state index is 12.8. The van der Waals surface area contributed by atoms with Crippen molar-refractivity contribution in [2.24, 2.45) is 0 Å². The Kier molecular flexibility index (Phi) is 6.46. The number of halogens is 1. The van der Waals surface area contributed by atoms with Gasteiger partial charge >= 0.3 is 0 Å². The standard InChI is InChI=1S/C21H21ClN4O2S2/c1-2-7-26-20(28)17-6-12-29-19(17)23-21(26)30-14-18(27)25-10-8-24(9-11-25)16-5-3-4-15(22)13-16/h2-6,12-13H,1,7-11,14H2. The third-order valence-electron chi connectivity index (χ3n) is 4.99. The van der Waals surface area contributed by atoms with Gasteiger partial charge in [0.05, 0.1) is 11.1 Å². The summed E-state index contributed by atoms with van der Waals surface area (Å²) in [6.07, 6.45) is 1.67. The molecule has 6 nitrogen and oxygen atoms in total. The van der Waals surface area contributed by atoms with Crippen molar-refractivity contribution in [1.82, 2.24) is 14.5 Å². The predicted molar refractivity (Wildman–Crippen MR) is 125 cm³/mol. The van der Waals surface area contributed by atoms with Crippen molar-refractivity contribution < 1.29 is 4.79 Å². The third kappa shape index (κ3) is 4.40. The van der Waals surface area contributed by atoms with E-state index in [1.165, 1.54) is 23.1 Å². The molecule has 0 radical (unpaired) electrons. The molecule has 4 rings (SSSR count). The van der Waals surface area contributed by atoms with Crippen molar-refractivity contribution >= 4 is 56.5 Å². The van der Waals surface area contributed by atoms with Gasteiger partial charge in [0.1, 0.15) is 4.83 Å². The number of nitrogens with zero attached hydrogens (tertiary/aromatic N) is 4. The number of hydrogen-bond donors (Lipinski definition) is 0. The summed E-state index contributed by atoms with van der Waals surface area (Å²) in [6, 6.07) is 9.56.